The van der Waals surface area contributed by atoms with Crippen molar-refractivity contribution in [3.63, 3.8) is 0 Å². The molecule has 0 radical (unpaired) electrons. The minimum atomic E-state index is -1.09. The van der Waals surface area contributed by atoms with Crippen molar-refractivity contribution in [1.29, 1.82) is 0 Å². The van der Waals surface area contributed by atoms with Crippen LogP contribution in [-0.4, -0.2) is 20.6 Å². The third-order valence-electron chi connectivity index (χ3n) is 2.48. The molecule has 100 valence electrons. The molecule has 0 fully saturated rings. The number of aromatic nitrogens is 2. The van der Waals surface area contributed by atoms with Crippen LogP contribution in [0.1, 0.15) is 30.4 Å². The number of imidazole rings is 1. The van der Waals surface area contributed by atoms with Gasteiger partial charge in [0.05, 0.1) is 0 Å². The first-order valence-electron chi connectivity index (χ1n) is 5.73. The number of halogens is 1. The lowest BCUT2D eigenvalue weighted by molar-refractivity contribution is 0.0690. The van der Waals surface area contributed by atoms with Crippen molar-refractivity contribution in [3.8, 4) is 11.8 Å². The van der Waals surface area contributed by atoms with Crippen molar-refractivity contribution in [2.45, 2.75) is 19.9 Å². The fourth-order valence-electron chi connectivity index (χ4n) is 1.56. The molecule has 1 N–H and O–H groups in total. The highest BCUT2D eigenvalue weighted by atomic mass is 35.5. The Balaban J connectivity index is 2.35. The Labute approximate surface area is 115 Å². The zero-order valence-corrected chi connectivity index (χ0v) is 11.3. The average Bonchev–Trinajstić information content (AvgIpc) is 2.73. The summed E-state index contributed by atoms with van der Waals surface area (Å²) >= 11 is 5.87. The lowest BCUT2D eigenvalue weighted by Crippen LogP contribution is -2.02. The fourth-order valence-corrected chi connectivity index (χ4v) is 1.74. The van der Waals surface area contributed by atoms with Gasteiger partial charge in [0, 0.05) is 17.3 Å². The smallest absolute Gasteiger partial charge is 0.356 e. The van der Waals surface area contributed by atoms with Gasteiger partial charge in [0.2, 0.25) is 0 Å². The summed E-state index contributed by atoms with van der Waals surface area (Å²) < 4.78 is 7.24. The molecule has 0 atom stereocenters. The van der Waals surface area contributed by atoms with E-state index in [-0.39, 0.29) is 17.7 Å². The summed E-state index contributed by atoms with van der Waals surface area (Å²) in [5.41, 5.74) is -0.0503. The Morgan fingerprint density at radius 3 is 2.79 bits per heavy atom. The Bertz CT molecular complexity index is 608. The molecule has 6 heteroatoms. The van der Waals surface area contributed by atoms with Crippen LogP contribution in [0, 0.1) is 0 Å². The van der Waals surface area contributed by atoms with Gasteiger partial charge in [-0.05, 0) is 32.0 Å². The van der Waals surface area contributed by atoms with E-state index in [2.05, 4.69) is 4.98 Å². The summed E-state index contributed by atoms with van der Waals surface area (Å²) in [5, 5.41) is 9.50. The van der Waals surface area contributed by atoms with Gasteiger partial charge in [-0.1, -0.05) is 17.7 Å². The second-order valence-electron chi connectivity index (χ2n) is 4.27. The third kappa shape index (κ3) is 3.06. The van der Waals surface area contributed by atoms with Crippen LogP contribution in [0.25, 0.3) is 0 Å². The van der Waals surface area contributed by atoms with Crippen LogP contribution in [0.5, 0.6) is 11.8 Å². The van der Waals surface area contributed by atoms with E-state index in [1.807, 2.05) is 13.8 Å². The predicted octanol–water partition coefficient (Wildman–Crippen LogP) is 3.61. The highest BCUT2D eigenvalue weighted by molar-refractivity contribution is 6.30. The van der Waals surface area contributed by atoms with Gasteiger partial charge in [0.15, 0.2) is 5.69 Å². The van der Waals surface area contributed by atoms with Gasteiger partial charge in [-0.15, -0.1) is 0 Å². The highest BCUT2D eigenvalue weighted by Crippen LogP contribution is 2.26. The number of rotatable bonds is 4. The third-order valence-corrected chi connectivity index (χ3v) is 2.71. The molecule has 19 heavy (non-hydrogen) atoms. The largest absolute Gasteiger partial charge is 0.476 e. The summed E-state index contributed by atoms with van der Waals surface area (Å²) in [4.78, 5) is 14.9. The summed E-state index contributed by atoms with van der Waals surface area (Å²) in [5.74, 6) is -0.577. The minimum Gasteiger partial charge on any atom is -0.476 e. The number of hydrogen-bond donors (Lipinski definition) is 1. The molecule has 0 saturated carbocycles. The topological polar surface area (TPSA) is 64.4 Å². The summed E-state index contributed by atoms with van der Waals surface area (Å²) in [6.07, 6.45) is 1.45. The Kier molecular flexibility index (Phi) is 3.76. The number of aromatic carboxylic acids is 1. The molecule has 0 saturated heterocycles. The van der Waals surface area contributed by atoms with Crippen molar-refractivity contribution in [2.75, 3.05) is 0 Å². The molecule has 0 aliphatic carbocycles. The normalized spacial score (nSPS) is 10.7. The van der Waals surface area contributed by atoms with Crippen LogP contribution in [0.3, 0.4) is 0 Å². The number of ether oxygens (including phenoxy) is 1. The zero-order valence-electron chi connectivity index (χ0n) is 10.5. The molecular formula is C13H13ClN2O3. The van der Waals surface area contributed by atoms with Crippen LogP contribution in [0.4, 0.5) is 0 Å². The van der Waals surface area contributed by atoms with Crippen molar-refractivity contribution in [1.82, 2.24) is 9.55 Å². The summed E-state index contributed by atoms with van der Waals surface area (Å²) in [6.45, 7) is 3.83. The van der Waals surface area contributed by atoms with Gasteiger partial charge in [-0.2, -0.15) is 4.98 Å². The van der Waals surface area contributed by atoms with E-state index >= 15 is 0 Å². The maximum Gasteiger partial charge on any atom is 0.356 e. The molecule has 5 nitrogen and oxygen atoms in total. The molecule has 0 amide bonds. The molecule has 2 aromatic rings. The van der Waals surface area contributed by atoms with E-state index in [1.54, 1.807) is 28.8 Å². The zero-order chi connectivity index (χ0) is 14.0. The summed E-state index contributed by atoms with van der Waals surface area (Å²) in [6, 6.07) is 7.11. The molecule has 0 bridgehead atoms. The SMILES string of the molecule is CC(C)n1cc(C(=O)O)nc1Oc1cccc(Cl)c1. The molecule has 1 aromatic heterocycles. The molecule has 2 rings (SSSR count). The lowest BCUT2D eigenvalue weighted by atomic mass is 10.3. The molecule has 0 aliphatic rings. The average molecular weight is 281 g/mol. The number of carboxylic acids is 1. The van der Waals surface area contributed by atoms with E-state index in [1.165, 1.54) is 6.20 Å². The van der Waals surface area contributed by atoms with E-state index in [0.717, 1.165) is 0 Å². The van der Waals surface area contributed by atoms with Crippen LogP contribution >= 0.6 is 11.6 Å². The van der Waals surface area contributed by atoms with E-state index in [4.69, 9.17) is 21.4 Å². The van der Waals surface area contributed by atoms with Crippen LogP contribution in [0.2, 0.25) is 5.02 Å². The number of carbonyl (C=O) groups is 1. The Morgan fingerprint density at radius 2 is 2.21 bits per heavy atom. The second-order valence-corrected chi connectivity index (χ2v) is 4.71. The van der Waals surface area contributed by atoms with Gasteiger partial charge < -0.3 is 9.84 Å². The van der Waals surface area contributed by atoms with Gasteiger partial charge in [-0.25, -0.2) is 4.79 Å². The van der Waals surface area contributed by atoms with Crippen molar-refractivity contribution >= 4 is 17.6 Å². The van der Waals surface area contributed by atoms with Crippen molar-refractivity contribution in [2.24, 2.45) is 0 Å². The summed E-state index contributed by atoms with van der Waals surface area (Å²) in [7, 11) is 0. The maximum atomic E-state index is 10.9. The standard InChI is InChI=1S/C13H13ClN2O3/c1-8(2)16-7-11(12(17)18)15-13(16)19-10-5-3-4-9(14)6-10/h3-8H,1-2H3,(H,17,18). The quantitative estimate of drug-likeness (QED) is 0.929. The molecular weight excluding hydrogens is 268 g/mol. The van der Waals surface area contributed by atoms with Gasteiger partial charge in [-0.3, -0.25) is 4.57 Å². The number of hydrogen-bond acceptors (Lipinski definition) is 3. The highest BCUT2D eigenvalue weighted by Gasteiger charge is 2.16. The monoisotopic (exact) mass is 280 g/mol. The minimum absolute atomic E-state index is 0.0368. The first-order valence-corrected chi connectivity index (χ1v) is 6.10. The molecule has 0 unspecified atom stereocenters. The van der Waals surface area contributed by atoms with E-state index in [9.17, 15) is 4.79 Å². The van der Waals surface area contributed by atoms with Crippen molar-refractivity contribution < 1.29 is 14.6 Å². The van der Waals surface area contributed by atoms with E-state index < -0.39 is 5.97 Å². The number of nitrogens with zero attached hydrogens (tertiary/aromatic N) is 2. The van der Waals surface area contributed by atoms with Crippen LogP contribution in [0.15, 0.2) is 30.5 Å². The Morgan fingerprint density at radius 1 is 1.47 bits per heavy atom. The molecule has 0 spiro atoms. The number of carboxylic acid groups (broad SMARTS) is 1. The van der Waals surface area contributed by atoms with Crippen LogP contribution in [-0.2, 0) is 0 Å². The fraction of sp³-hybridized carbons (Fsp3) is 0.231. The maximum absolute atomic E-state index is 10.9. The molecule has 1 heterocycles. The lowest BCUT2D eigenvalue weighted by Gasteiger charge is -2.11. The van der Waals surface area contributed by atoms with E-state index in [0.29, 0.717) is 10.8 Å². The van der Waals surface area contributed by atoms with Gasteiger partial charge in [0.25, 0.3) is 0 Å². The van der Waals surface area contributed by atoms with Crippen molar-refractivity contribution in [3.05, 3.63) is 41.2 Å². The first-order chi connectivity index (χ1) is 8.97. The predicted molar refractivity (Wildman–Crippen MR) is 71.1 cm³/mol. The number of benzene rings is 1. The first kappa shape index (κ1) is 13.4. The molecule has 1 aromatic carbocycles. The van der Waals surface area contributed by atoms with Gasteiger partial charge >= 0.3 is 12.0 Å². The Hall–Kier alpha value is -2.01. The molecule has 0 aliphatic heterocycles. The van der Waals surface area contributed by atoms with Crippen LogP contribution < -0.4 is 4.74 Å². The van der Waals surface area contributed by atoms with Gasteiger partial charge in [0.1, 0.15) is 5.75 Å². The second kappa shape index (κ2) is 5.32.